The van der Waals surface area contributed by atoms with E-state index in [9.17, 15) is 9.70 Å². The van der Waals surface area contributed by atoms with Crippen molar-refractivity contribution in [1.29, 1.82) is 0 Å². The number of alkyl halides is 1. The number of nitroso groups, excluding NO2 is 1. The minimum atomic E-state index is -0.802. The molecule has 0 N–H and O–H groups in total. The number of cyclic esters (lactones) is 1. The number of esters is 1. The zero-order valence-corrected chi connectivity index (χ0v) is 7.12. The summed E-state index contributed by atoms with van der Waals surface area (Å²) in [5, 5.41) is 2.73. The molecule has 1 unspecified atom stereocenters. The highest BCUT2D eigenvalue weighted by Crippen LogP contribution is 2.35. The van der Waals surface area contributed by atoms with Crippen molar-refractivity contribution in [1.82, 2.24) is 0 Å². The summed E-state index contributed by atoms with van der Waals surface area (Å²) in [6.45, 7) is 0. The Morgan fingerprint density at radius 3 is 2.92 bits per heavy atom. The lowest BCUT2D eigenvalue weighted by atomic mass is 10.1. The molecular weight excluding hydrogens is 194 g/mol. The maximum Gasteiger partial charge on any atom is 0.340 e. The highest BCUT2D eigenvalue weighted by Gasteiger charge is 2.29. The highest BCUT2D eigenvalue weighted by atomic mass is 35.5. The van der Waals surface area contributed by atoms with Gasteiger partial charge in [-0.15, -0.1) is 4.91 Å². The molecular formula is C8H4ClNO3. The zero-order chi connectivity index (χ0) is 9.42. The molecule has 0 radical (unpaired) electrons. The van der Waals surface area contributed by atoms with Crippen molar-refractivity contribution in [3.05, 3.63) is 34.2 Å². The molecule has 5 heteroatoms. The van der Waals surface area contributed by atoms with Gasteiger partial charge in [-0.25, -0.2) is 4.79 Å². The second kappa shape index (κ2) is 2.81. The van der Waals surface area contributed by atoms with Gasteiger partial charge < -0.3 is 4.74 Å². The van der Waals surface area contributed by atoms with Crippen LogP contribution in [0.1, 0.15) is 21.5 Å². The van der Waals surface area contributed by atoms with Gasteiger partial charge in [0.1, 0.15) is 5.69 Å². The van der Waals surface area contributed by atoms with Crippen molar-refractivity contribution in [2.24, 2.45) is 5.18 Å². The van der Waals surface area contributed by atoms with E-state index in [-0.39, 0.29) is 5.69 Å². The van der Waals surface area contributed by atoms with Crippen LogP contribution in [-0.2, 0) is 4.74 Å². The van der Waals surface area contributed by atoms with E-state index in [0.29, 0.717) is 11.1 Å². The Bertz CT molecular complexity index is 391. The lowest BCUT2D eigenvalue weighted by Gasteiger charge is -1.98. The molecule has 0 fully saturated rings. The van der Waals surface area contributed by atoms with E-state index in [0.717, 1.165) is 0 Å². The van der Waals surface area contributed by atoms with Gasteiger partial charge in [0.2, 0.25) is 5.56 Å². The number of rotatable bonds is 1. The van der Waals surface area contributed by atoms with Crippen LogP contribution in [0, 0.1) is 4.91 Å². The van der Waals surface area contributed by atoms with Crippen LogP contribution < -0.4 is 0 Å². The third-order valence-electron chi connectivity index (χ3n) is 1.82. The molecule has 0 bridgehead atoms. The van der Waals surface area contributed by atoms with Gasteiger partial charge in [0.25, 0.3) is 0 Å². The van der Waals surface area contributed by atoms with Gasteiger partial charge in [0.15, 0.2) is 0 Å². The van der Waals surface area contributed by atoms with Crippen molar-refractivity contribution >= 4 is 23.3 Å². The maximum atomic E-state index is 11.1. The Hall–Kier alpha value is -1.42. The lowest BCUT2D eigenvalue weighted by molar-refractivity contribution is 0.0513. The van der Waals surface area contributed by atoms with E-state index in [1.807, 2.05) is 0 Å². The Morgan fingerprint density at radius 2 is 2.23 bits per heavy atom. The molecule has 0 spiro atoms. The topological polar surface area (TPSA) is 55.7 Å². The summed E-state index contributed by atoms with van der Waals surface area (Å²) < 4.78 is 4.71. The number of hydrogen-bond acceptors (Lipinski definition) is 4. The standard InChI is InChI=1S/C8H4ClNO3/c9-7-6-3-4(10-12)1-2-5(6)8(11)13-7/h1-3,7H. The molecule has 0 amide bonds. The molecule has 66 valence electrons. The Morgan fingerprint density at radius 1 is 1.46 bits per heavy atom. The van der Waals surface area contributed by atoms with Crippen molar-refractivity contribution in [3.8, 4) is 0 Å². The van der Waals surface area contributed by atoms with E-state index in [2.05, 4.69) is 5.18 Å². The summed E-state index contributed by atoms with van der Waals surface area (Å²) in [4.78, 5) is 21.2. The first kappa shape index (κ1) is 8.19. The van der Waals surface area contributed by atoms with Crippen molar-refractivity contribution < 1.29 is 9.53 Å². The van der Waals surface area contributed by atoms with Crippen molar-refractivity contribution in [3.63, 3.8) is 0 Å². The van der Waals surface area contributed by atoms with Crippen LogP contribution >= 0.6 is 11.6 Å². The first-order chi connectivity index (χ1) is 6.22. The van der Waals surface area contributed by atoms with Gasteiger partial charge in [-0.1, -0.05) is 11.6 Å². The molecule has 1 aliphatic heterocycles. The smallest absolute Gasteiger partial charge is 0.340 e. The summed E-state index contributed by atoms with van der Waals surface area (Å²) in [7, 11) is 0. The minimum absolute atomic E-state index is 0.239. The number of fused-ring (bicyclic) bond motifs is 1. The maximum absolute atomic E-state index is 11.1. The second-order valence-electron chi connectivity index (χ2n) is 2.58. The van der Waals surface area contributed by atoms with Crippen LogP contribution in [0.3, 0.4) is 0 Å². The number of carbonyl (C=O) groups excluding carboxylic acids is 1. The molecule has 0 saturated heterocycles. The molecule has 1 aliphatic rings. The first-order valence-electron chi connectivity index (χ1n) is 3.55. The quantitative estimate of drug-likeness (QED) is 0.395. The predicted molar refractivity (Wildman–Crippen MR) is 45.9 cm³/mol. The molecule has 4 nitrogen and oxygen atoms in total. The van der Waals surface area contributed by atoms with E-state index in [4.69, 9.17) is 16.3 Å². The van der Waals surface area contributed by atoms with Gasteiger partial charge in [-0.2, -0.15) is 0 Å². The van der Waals surface area contributed by atoms with E-state index in [1.165, 1.54) is 18.2 Å². The average molecular weight is 198 g/mol. The third kappa shape index (κ3) is 1.19. The fourth-order valence-corrected chi connectivity index (χ4v) is 1.46. The van der Waals surface area contributed by atoms with Crippen LogP contribution in [0.25, 0.3) is 0 Å². The fraction of sp³-hybridized carbons (Fsp3) is 0.125. The lowest BCUT2D eigenvalue weighted by Crippen LogP contribution is -1.92. The van der Waals surface area contributed by atoms with Gasteiger partial charge in [-0.3, -0.25) is 0 Å². The largest absolute Gasteiger partial charge is 0.438 e. The number of benzene rings is 1. The molecule has 0 aliphatic carbocycles. The summed E-state index contributed by atoms with van der Waals surface area (Å²) in [6.07, 6.45) is 0. The summed E-state index contributed by atoms with van der Waals surface area (Å²) >= 11 is 5.68. The van der Waals surface area contributed by atoms with Gasteiger partial charge in [0, 0.05) is 5.56 Å². The average Bonchev–Trinajstić information content (AvgIpc) is 2.42. The Kier molecular flexibility index (Phi) is 1.77. The molecule has 0 aromatic heterocycles. The second-order valence-corrected chi connectivity index (χ2v) is 2.98. The zero-order valence-electron chi connectivity index (χ0n) is 6.36. The Labute approximate surface area is 78.4 Å². The van der Waals surface area contributed by atoms with Crippen LogP contribution in [0.4, 0.5) is 5.69 Å². The van der Waals surface area contributed by atoms with E-state index >= 15 is 0 Å². The number of halogens is 1. The number of ether oxygens (including phenoxy) is 1. The number of hydrogen-bond donors (Lipinski definition) is 0. The number of carbonyl (C=O) groups is 1. The van der Waals surface area contributed by atoms with Gasteiger partial charge in [0.05, 0.1) is 5.56 Å². The summed E-state index contributed by atoms with van der Waals surface area (Å²) in [6, 6.07) is 4.38. The summed E-state index contributed by atoms with van der Waals surface area (Å²) in [5.41, 5.74) is 0.336. The molecule has 1 atom stereocenters. The van der Waals surface area contributed by atoms with Crippen LogP contribution in [-0.4, -0.2) is 5.97 Å². The molecule has 1 heterocycles. The Balaban J connectivity index is 2.58. The molecule has 13 heavy (non-hydrogen) atoms. The molecule has 1 aromatic carbocycles. The van der Waals surface area contributed by atoms with Gasteiger partial charge >= 0.3 is 5.97 Å². The highest BCUT2D eigenvalue weighted by molar-refractivity contribution is 6.22. The predicted octanol–water partition coefficient (Wildman–Crippen LogP) is 2.49. The summed E-state index contributed by atoms with van der Waals surface area (Å²) in [5.74, 6) is -0.465. The van der Waals surface area contributed by atoms with Crippen LogP contribution in [0.15, 0.2) is 23.4 Å². The van der Waals surface area contributed by atoms with Crippen LogP contribution in [0.5, 0.6) is 0 Å². The normalized spacial score (nSPS) is 19.5. The van der Waals surface area contributed by atoms with Crippen molar-refractivity contribution in [2.45, 2.75) is 5.56 Å². The van der Waals surface area contributed by atoms with Crippen molar-refractivity contribution in [2.75, 3.05) is 0 Å². The monoisotopic (exact) mass is 197 g/mol. The first-order valence-corrected chi connectivity index (χ1v) is 3.98. The van der Waals surface area contributed by atoms with E-state index in [1.54, 1.807) is 0 Å². The molecule has 1 aromatic rings. The molecule has 2 rings (SSSR count). The van der Waals surface area contributed by atoms with Crippen LogP contribution in [0.2, 0.25) is 0 Å². The third-order valence-corrected chi connectivity index (χ3v) is 2.14. The number of nitrogens with zero attached hydrogens (tertiary/aromatic N) is 1. The molecule has 0 saturated carbocycles. The van der Waals surface area contributed by atoms with E-state index < -0.39 is 11.5 Å². The van der Waals surface area contributed by atoms with Gasteiger partial charge in [-0.05, 0) is 23.4 Å². The fourth-order valence-electron chi connectivity index (χ4n) is 1.20. The minimum Gasteiger partial charge on any atom is -0.438 e. The SMILES string of the molecule is O=Nc1ccc2c(c1)C(Cl)OC2=O.